The van der Waals surface area contributed by atoms with Gasteiger partial charge in [0, 0.05) is 18.2 Å². The molecule has 2 rings (SSSR count). The van der Waals surface area contributed by atoms with Crippen LogP contribution in [-0.4, -0.2) is 34.9 Å². The van der Waals surface area contributed by atoms with Gasteiger partial charge < -0.3 is 16.4 Å². The molecule has 1 saturated carbocycles. The maximum absolute atomic E-state index is 11.4. The van der Waals surface area contributed by atoms with Crippen molar-refractivity contribution in [3.63, 3.8) is 0 Å². The van der Waals surface area contributed by atoms with Gasteiger partial charge in [0.2, 0.25) is 0 Å². The van der Waals surface area contributed by atoms with Crippen molar-refractivity contribution in [1.82, 2.24) is 10.3 Å². The van der Waals surface area contributed by atoms with Crippen LogP contribution >= 0.6 is 0 Å². The van der Waals surface area contributed by atoms with Gasteiger partial charge in [0.1, 0.15) is 12.0 Å². The SMILES string of the molecule is CNC1CCC(Nc2ncc([N+](=O)[O-])cc2C(N)=O)CC1. The van der Waals surface area contributed by atoms with Gasteiger partial charge in [-0.25, -0.2) is 4.98 Å². The van der Waals surface area contributed by atoms with E-state index in [0.717, 1.165) is 37.9 Å². The molecule has 0 aromatic carbocycles. The molecule has 1 heterocycles. The van der Waals surface area contributed by atoms with E-state index in [1.165, 1.54) is 0 Å². The normalized spacial score (nSPS) is 21.8. The number of pyridine rings is 1. The van der Waals surface area contributed by atoms with Crippen molar-refractivity contribution in [2.45, 2.75) is 37.8 Å². The molecule has 0 aliphatic heterocycles. The molecule has 1 aromatic rings. The molecular formula is C13H19N5O3. The van der Waals surface area contributed by atoms with Gasteiger partial charge >= 0.3 is 0 Å². The Balaban J connectivity index is 2.13. The maximum Gasteiger partial charge on any atom is 0.288 e. The molecule has 0 bridgehead atoms. The van der Waals surface area contributed by atoms with E-state index in [4.69, 9.17) is 5.73 Å². The summed E-state index contributed by atoms with van der Waals surface area (Å²) in [5, 5.41) is 17.2. The summed E-state index contributed by atoms with van der Waals surface area (Å²) in [7, 11) is 1.95. The minimum absolute atomic E-state index is 0.0555. The molecule has 21 heavy (non-hydrogen) atoms. The Kier molecular flexibility index (Phi) is 4.69. The number of nitro groups is 1. The second kappa shape index (κ2) is 6.49. The molecule has 0 radical (unpaired) electrons. The van der Waals surface area contributed by atoms with Gasteiger partial charge in [-0.15, -0.1) is 0 Å². The summed E-state index contributed by atoms with van der Waals surface area (Å²) in [6, 6.07) is 1.88. The standard InChI is InChI=1S/C13H19N5O3/c1-15-8-2-4-9(5-3-8)17-13-11(12(14)19)6-10(7-16-13)18(20)21/h6-9,15H,2-5H2,1H3,(H2,14,19)(H,16,17). The lowest BCUT2D eigenvalue weighted by molar-refractivity contribution is -0.385. The van der Waals surface area contributed by atoms with E-state index in [2.05, 4.69) is 15.6 Å². The Morgan fingerprint density at radius 1 is 1.38 bits per heavy atom. The van der Waals surface area contributed by atoms with Crippen molar-refractivity contribution < 1.29 is 9.72 Å². The third-order valence-electron chi connectivity index (χ3n) is 3.83. The van der Waals surface area contributed by atoms with Gasteiger partial charge in [-0.1, -0.05) is 0 Å². The number of hydrogen-bond donors (Lipinski definition) is 3. The molecule has 8 heteroatoms. The lowest BCUT2D eigenvalue weighted by Crippen LogP contribution is -2.35. The summed E-state index contributed by atoms with van der Waals surface area (Å²) in [5.74, 6) is -0.404. The number of primary amides is 1. The minimum atomic E-state index is -0.724. The van der Waals surface area contributed by atoms with Crippen LogP contribution in [0.4, 0.5) is 11.5 Å². The Bertz CT molecular complexity index is 541. The van der Waals surface area contributed by atoms with E-state index < -0.39 is 10.8 Å². The molecule has 1 aromatic heterocycles. The number of nitrogens with one attached hydrogen (secondary N) is 2. The molecule has 0 atom stereocenters. The van der Waals surface area contributed by atoms with Gasteiger partial charge in [-0.3, -0.25) is 14.9 Å². The van der Waals surface area contributed by atoms with E-state index in [9.17, 15) is 14.9 Å². The number of hydrogen-bond acceptors (Lipinski definition) is 6. The van der Waals surface area contributed by atoms with Gasteiger partial charge in [0.05, 0.1) is 10.5 Å². The predicted molar refractivity (Wildman–Crippen MR) is 78.1 cm³/mol. The van der Waals surface area contributed by atoms with Crippen molar-refractivity contribution in [2.75, 3.05) is 12.4 Å². The highest BCUT2D eigenvalue weighted by molar-refractivity contribution is 5.98. The van der Waals surface area contributed by atoms with Crippen LogP contribution in [0, 0.1) is 10.1 Å². The molecule has 4 N–H and O–H groups in total. The first-order valence-corrected chi connectivity index (χ1v) is 6.89. The highest BCUT2D eigenvalue weighted by Gasteiger charge is 2.23. The topological polar surface area (TPSA) is 123 Å². The number of carbonyl (C=O) groups excluding carboxylic acids is 1. The molecule has 0 saturated heterocycles. The highest BCUT2D eigenvalue weighted by atomic mass is 16.6. The summed E-state index contributed by atoms with van der Waals surface area (Å²) in [5.41, 5.74) is 5.09. The van der Waals surface area contributed by atoms with Crippen molar-refractivity contribution in [2.24, 2.45) is 5.73 Å². The van der Waals surface area contributed by atoms with Crippen LogP contribution in [0.5, 0.6) is 0 Å². The monoisotopic (exact) mass is 293 g/mol. The number of carbonyl (C=O) groups is 1. The Hall–Kier alpha value is -2.22. The lowest BCUT2D eigenvalue weighted by Gasteiger charge is -2.29. The fourth-order valence-corrected chi connectivity index (χ4v) is 2.58. The molecule has 1 fully saturated rings. The smallest absolute Gasteiger partial charge is 0.288 e. The summed E-state index contributed by atoms with van der Waals surface area (Å²) < 4.78 is 0. The average Bonchev–Trinajstić information content (AvgIpc) is 2.48. The third-order valence-corrected chi connectivity index (χ3v) is 3.83. The van der Waals surface area contributed by atoms with E-state index in [-0.39, 0.29) is 17.3 Å². The summed E-state index contributed by atoms with van der Waals surface area (Å²) in [4.78, 5) is 25.6. The first-order chi connectivity index (χ1) is 10.0. The summed E-state index contributed by atoms with van der Waals surface area (Å²) in [6.45, 7) is 0. The third kappa shape index (κ3) is 3.66. The van der Waals surface area contributed by atoms with E-state index in [1.54, 1.807) is 0 Å². The van der Waals surface area contributed by atoms with Crippen LogP contribution < -0.4 is 16.4 Å². The minimum Gasteiger partial charge on any atom is -0.367 e. The molecule has 0 spiro atoms. The summed E-state index contributed by atoms with van der Waals surface area (Å²) in [6.07, 6.45) is 5.10. The molecule has 8 nitrogen and oxygen atoms in total. The van der Waals surface area contributed by atoms with Gasteiger partial charge in [-0.2, -0.15) is 0 Å². The quantitative estimate of drug-likeness (QED) is 0.550. The molecule has 114 valence electrons. The number of nitrogens with two attached hydrogens (primary N) is 1. The van der Waals surface area contributed by atoms with E-state index in [1.807, 2.05) is 7.05 Å². The van der Waals surface area contributed by atoms with Gasteiger partial charge in [0.25, 0.3) is 11.6 Å². The largest absolute Gasteiger partial charge is 0.367 e. The molecule has 1 aliphatic rings. The van der Waals surface area contributed by atoms with Crippen molar-refractivity contribution >= 4 is 17.4 Å². The van der Waals surface area contributed by atoms with Crippen molar-refractivity contribution in [1.29, 1.82) is 0 Å². The predicted octanol–water partition coefficient (Wildman–Crippen LogP) is 1.03. The van der Waals surface area contributed by atoms with Gasteiger partial charge in [0.15, 0.2) is 0 Å². The van der Waals surface area contributed by atoms with Crippen LogP contribution in [0.15, 0.2) is 12.3 Å². The molecule has 0 unspecified atom stereocenters. The van der Waals surface area contributed by atoms with Crippen LogP contribution in [0.1, 0.15) is 36.0 Å². The van der Waals surface area contributed by atoms with Gasteiger partial charge in [-0.05, 0) is 32.7 Å². The fourth-order valence-electron chi connectivity index (χ4n) is 2.58. The first kappa shape index (κ1) is 15.2. The Labute approximate surface area is 122 Å². The van der Waals surface area contributed by atoms with E-state index >= 15 is 0 Å². The van der Waals surface area contributed by atoms with Crippen LogP contribution in [0.3, 0.4) is 0 Å². The number of rotatable bonds is 5. The Morgan fingerprint density at radius 2 is 2.00 bits per heavy atom. The second-order valence-corrected chi connectivity index (χ2v) is 5.19. The number of aromatic nitrogens is 1. The van der Waals surface area contributed by atoms with E-state index in [0.29, 0.717) is 11.9 Å². The zero-order valence-electron chi connectivity index (χ0n) is 11.8. The zero-order valence-corrected chi connectivity index (χ0v) is 11.8. The molecule has 1 amide bonds. The van der Waals surface area contributed by atoms with Crippen LogP contribution in [0.25, 0.3) is 0 Å². The fraction of sp³-hybridized carbons (Fsp3) is 0.538. The highest BCUT2D eigenvalue weighted by Crippen LogP contribution is 2.24. The van der Waals surface area contributed by atoms with Crippen molar-refractivity contribution in [3.05, 3.63) is 27.9 Å². The molecule has 1 aliphatic carbocycles. The van der Waals surface area contributed by atoms with Crippen molar-refractivity contribution in [3.8, 4) is 0 Å². The number of nitrogens with zero attached hydrogens (tertiary/aromatic N) is 2. The maximum atomic E-state index is 11.4. The average molecular weight is 293 g/mol. The summed E-state index contributed by atoms with van der Waals surface area (Å²) >= 11 is 0. The number of anilines is 1. The zero-order chi connectivity index (χ0) is 15.4. The lowest BCUT2D eigenvalue weighted by atomic mass is 9.91. The first-order valence-electron chi connectivity index (χ1n) is 6.89. The van der Waals surface area contributed by atoms with Crippen LogP contribution in [0.2, 0.25) is 0 Å². The second-order valence-electron chi connectivity index (χ2n) is 5.19. The molecular weight excluding hydrogens is 274 g/mol. The Morgan fingerprint density at radius 3 is 2.52 bits per heavy atom. The number of amides is 1. The van der Waals surface area contributed by atoms with Crippen LogP contribution in [-0.2, 0) is 0 Å².